The number of aliphatic hydroxyl groups excluding tert-OH is 1. The molecule has 6 bridgehead atoms. The Hall–Kier alpha value is -4.36. The SMILES string of the molecule is Oc1cc2cc(c1O)Oc1ccc(cc1)CCc1ccc(O)c(O)c1Oc1cccc(c1)C[C@H]2O. The Morgan fingerprint density at radius 3 is 2.26 bits per heavy atom. The van der Waals surface area contributed by atoms with E-state index in [-0.39, 0.29) is 29.4 Å². The van der Waals surface area contributed by atoms with Crippen molar-refractivity contribution >= 4 is 0 Å². The highest BCUT2D eigenvalue weighted by atomic mass is 16.5. The summed E-state index contributed by atoms with van der Waals surface area (Å²) in [6, 6.07) is 20.2. The normalized spacial score (nSPS) is 15.3. The second-order valence-corrected chi connectivity index (χ2v) is 8.52. The molecule has 6 rings (SSSR count). The van der Waals surface area contributed by atoms with E-state index in [4.69, 9.17) is 9.47 Å². The van der Waals surface area contributed by atoms with E-state index in [1.165, 1.54) is 18.2 Å². The van der Waals surface area contributed by atoms with Crippen molar-refractivity contribution in [2.24, 2.45) is 0 Å². The van der Waals surface area contributed by atoms with Crippen LogP contribution in [0.3, 0.4) is 0 Å². The number of fused-ring (bicyclic) bond motifs is 4. The lowest BCUT2D eigenvalue weighted by molar-refractivity contribution is 0.177. The lowest BCUT2D eigenvalue weighted by Crippen LogP contribution is -2.03. The largest absolute Gasteiger partial charge is 0.504 e. The molecule has 4 aromatic carbocycles. The fraction of sp³-hybridized carbons (Fsp3) is 0.143. The molecule has 2 heterocycles. The van der Waals surface area contributed by atoms with Gasteiger partial charge < -0.3 is 35.0 Å². The van der Waals surface area contributed by atoms with Crippen LogP contribution in [0, 0.1) is 0 Å². The molecule has 7 nitrogen and oxygen atoms in total. The number of rotatable bonds is 0. The predicted molar refractivity (Wildman–Crippen MR) is 129 cm³/mol. The average molecular weight is 472 g/mol. The Balaban J connectivity index is 1.59. The van der Waals surface area contributed by atoms with Gasteiger partial charge in [0, 0.05) is 6.42 Å². The van der Waals surface area contributed by atoms with E-state index >= 15 is 0 Å². The van der Waals surface area contributed by atoms with Gasteiger partial charge in [0.2, 0.25) is 11.5 Å². The smallest absolute Gasteiger partial charge is 0.201 e. The molecule has 0 radical (unpaired) electrons. The summed E-state index contributed by atoms with van der Waals surface area (Å²) < 4.78 is 11.8. The fourth-order valence-corrected chi connectivity index (χ4v) is 4.12. The number of ether oxygens (including phenoxy) is 2. The van der Waals surface area contributed by atoms with E-state index in [1.807, 2.05) is 18.2 Å². The molecule has 0 aromatic heterocycles. The first-order valence-corrected chi connectivity index (χ1v) is 11.2. The third kappa shape index (κ3) is 4.67. The molecule has 2 aliphatic rings. The third-order valence-corrected chi connectivity index (χ3v) is 6.04. The van der Waals surface area contributed by atoms with Crippen molar-refractivity contribution in [3.05, 3.63) is 95.1 Å². The zero-order valence-corrected chi connectivity index (χ0v) is 18.7. The summed E-state index contributed by atoms with van der Waals surface area (Å²) in [5.74, 6) is -0.317. The van der Waals surface area contributed by atoms with Gasteiger partial charge in [-0.1, -0.05) is 30.3 Å². The molecule has 0 saturated carbocycles. The number of hydrogen-bond donors (Lipinski definition) is 5. The summed E-state index contributed by atoms with van der Waals surface area (Å²) in [4.78, 5) is 0. The minimum Gasteiger partial charge on any atom is -0.504 e. The Kier molecular flexibility index (Phi) is 5.84. The zero-order chi connectivity index (χ0) is 24.5. The first-order valence-electron chi connectivity index (χ1n) is 11.2. The zero-order valence-electron chi connectivity index (χ0n) is 18.7. The average Bonchev–Trinajstić information content (AvgIpc) is 2.85. The minimum absolute atomic E-state index is 0.0363. The number of phenols is 4. The van der Waals surface area contributed by atoms with Gasteiger partial charge in [-0.2, -0.15) is 0 Å². The summed E-state index contributed by atoms with van der Waals surface area (Å²) in [6.45, 7) is 0. The summed E-state index contributed by atoms with van der Waals surface area (Å²) in [7, 11) is 0. The second kappa shape index (κ2) is 9.12. The van der Waals surface area contributed by atoms with Gasteiger partial charge in [0.15, 0.2) is 23.0 Å². The maximum atomic E-state index is 10.9. The van der Waals surface area contributed by atoms with Crippen molar-refractivity contribution in [1.29, 1.82) is 0 Å². The van der Waals surface area contributed by atoms with E-state index in [0.717, 1.165) is 16.7 Å². The van der Waals surface area contributed by atoms with Gasteiger partial charge in [0.25, 0.3) is 0 Å². The number of aryl methyl sites for hydroxylation is 2. The number of hydrogen-bond acceptors (Lipinski definition) is 7. The Morgan fingerprint density at radius 2 is 1.46 bits per heavy atom. The molecule has 0 fully saturated rings. The van der Waals surface area contributed by atoms with Crippen molar-refractivity contribution in [1.82, 2.24) is 0 Å². The van der Waals surface area contributed by atoms with Gasteiger partial charge in [-0.25, -0.2) is 0 Å². The molecule has 35 heavy (non-hydrogen) atoms. The van der Waals surface area contributed by atoms with E-state index in [9.17, 15) is 25.5 Å². The van der Waals surface area contributed by atoms with E-state index < -0.39 is 17.6 Å². The van der Waals surface area contributed by atoms with Crippen molar-refractivity contribution in [2.45, 2.75) is 25.4 Å². The lowest BCUT2D eigenvalue weighted by atomic mass is 10.00. The highest BCUT2D eigenvalue weighted by Gasteiger charge is 2.19. The molecule has 178 valence electrons. The standard InChI is InChI=1S/C28H24O7/c29-22-11-8-18-7-4-16-5-9-20(10-6-16)34-25-15-19(14-24(31)26(25)32)23(30)13-17-2-1-3-21(12-17)35-28(18)27(22)33/h1-3,5-6,8-12,14-15,23,29-33H,4,7,13H2/t23-/m1/s1. The summed E-state index contributed by atoms with van der Waals surface area (Å²) >= 11 is 0. The fourth-order valence-electron chi connectivity index (χ4n) is 4.12. The topological polar surface area (TPSA) is 120 Å². The van der Waals surface area contributed by atoms with E-state index in [1.54, 1.807) is 36.4 Å². The van der Waals surface area contributed by atoms with Crippen molar-refractivity contribution in [3.63, 3.8) is 0 Å². The first-order chi connectivity index (χ1) is 16.9. The molecule has 2 aliphatic heterocycles. The van der Waals surface area contributed by atoms with Crippen LogP contribution >= 0.6 is 0 Å². The van der Waals surface area contributed by atoms with Crippen LogP contribution in [-0.4, -0.2) is 25.5 Å². The van der Waals surface area contributed by atoms with Gasteiger partial charge in [-0.15, -0.1) is 0 Å². The molecule has 1 atom stereocenters. The second-order valence-electron chi connectivity index (χ2n) is 8.52. The van der Waals surface area contributed by atoms with Gasteiger partial charge in [0.05, 0.1) is 6.10 Å². The predicted octanol–water partition coefficient (Wildman–Crippen LogP) is 5.47. The molecular weight excluding hydrogens is 448 g/mol. The highest BCUT2D eigenvalue weighted by Crippen LogP contribution is 2.43. The maximum Gasteiger partial charge on any atom is 0.201 e. The minimum atomic E-state index is -1.01. The Bertz CT molecular complexity index is 1380. The van der Waals surface area contributed by atoms with Crippen LogP contribution in [0.2, 0.25) is 0 Å². The third-order valence-electron chi connectivity index (χ3n) is 6.04. The van der Waals surface area contributed by atoms with Gasteiger partial charge in [0.1, 0.15) is 11.5 Å². The Labute approximate surface area is 201 Å². The summed E-state index contributed by atoms with van der Waals surface area (Å²) in [5, 5.41) is 51.9. The molecule has 5 N–H and O–H groups in total. The molecule has 0 amide bonds. The summed E-state index contributed by atoms with van der Waals surface area (Å²) in [5.41, 5.74) is 2.83. The molecule has 0 saturated heterocycles. The number of benzene rings is 4. The van der Waals surface area contributed by atoms with E-state index in [0.29, 0.717) is 29.9 Å². The molecular formula is C28H24O7. The maximum absolute atomic E-state index is 10.9. The van der Waals surface area contributed by atoms with Crippen LogP contribution in [0.15, 0.2) is 72.8 Å². The number of aromatic hydroxyl groups is 4. The van der Waals surface area contributed by atoms with Crippen molar-refractivity contribution in [2.75, 3.05) is 0 Å². The quantitative estimate of drug-likeness (QED) is 0.215. The highest BCUT2D eigenvalue weighted by molar-refractivity contribution is 5.56. The summed E-state index contributed by atoms with van der Waals surface area (Å²) in [6.07, 6.45) is 0.353. The van der Waals surface area contributed by atoms with Gasteiger partial charge in [-0.05, 0) is 77.6 Å². The molecule has 0 unspecified atom stereocenters. The van der Waals surface area contributed by atoms with Crippen molar-refractivity contribution in [3.8, 4) is 46.0 Å². The van der Waals surface area contributed by atoms with Crippen LogP contribution in [0.4, 0.5) is 0 Å². The molecule has 0 spiro atoms. The number of aliphatic hydroxyl groups is 1. The first kappa shape index (κ1) is 22.4. The number of phenolic OH excluding ortho intramolecular Hbond substituents is 4. The van der Waals surface area contributed by atoms with Gasteiger partial charge in [-0.3, -0.25) is 0 Å². The molecule has 0 aliphatic carbocycles. The van der Waals surface area contributed by atoms with Crippen LogP contribution in [0.1, 0.15) is 28.4 Å². The molecule has 4 aromatic rings. The Morgan fingerprint density at radius 1 is 0.657 bits per heavy atom. The van der Waals surface area contributed by atoms with E-state index in [2.05, 4.69) is 0 Å². The van der Waals surface area contributed by atoms with Gasteiger partial charge >= 0.3 is 0 Å². The monoisotopic (exact) mass is 472 g/mol. The van der Waals surface area contributed by atoms with Crippen molar-refractivity contribution < 1.29 is 35.0 Å². The van der Waals surface area contributed by atoms with Crippen LogP contribution < -0.4 is 9.47 Å². The van der Waals surface area contributed by atoms with Crippen LogP contribution in [0.5, 0.6) is 46.0 Å². The van der Waals surface area contributed by atoms with Crippen LogP contribution in [0.25, 0.3) is 0 Å². The van der Waals surface area contributed by atoms with Crippen LogP contribution in [-0.2, 0) is 19.3 Å². The lowest BCUT2D eigenvalue weighted by Gasteiger charge is -2.17. The molecule has 7 heteroatoms.